The van der Waals surface area contributed by atoms with Crippen molar-refractivity contribution in [3.05, 3.63) is 71.4 Å². The minimum Gasteiger partial charge on any atom is -0.468 e. The summed E-state index contributed by atoms with van der Waals surface area (Å²) in [7, 11) is -3.77. The number of nitrogens with zero attached hydrogens (tertiary/aromatic N) is 2. The van der Waals surface area contributed by atoms with Crippen LogP contribution in [-0.4, -0.2) is 30.7 Å². The monoisotopic (exact) mass is 416 g/mol. The highest BCUT2D eigenvalue weighted by molar-refractivity contribution is 7.89. The summed E-state index contributed by atoms with van der Waals surface area (Å²) in [6.07, 6.45) is 5.92. The van der Waals surface area contributed by atoms with Crippen molar-refractivity contribution in [1.29, 1.82) is 0 Å². The van der Waals surface area contributed by atoms with Crippen molar-refractivity contribution in [2.75, 3.05) is 6.54 Å². The van der Waals surface area contributed by atoms with Gasteiger partial charge in [-0.1, -0.05) is 6.07 Å². The molecule has 0 spiro atoms. The zero-order valence-corrected chi connectivity index (χ0v) is 17.2. The van der Waals surface area contributed by atoms with Gasteiger partial charge in [-0.2, -0.15) is 5.10 Å². The summed E-state index contributed by atoms with van der Waals surface area (Å²) in [5.41, 5.74) is 2.12. The van der Waals surface area contributed by atoms with Gasteiger partial charge in [-0.3, -0.25) is 9.48 Å². The van der Waals surface area contributed by atoms with E-state index in [1.54, 1.807) is 31.3 Å². The summed E-state index contributed by atoms with van der Waals surface area (Å²) < 4.78 is 34.5. The highest BCUT2D eigenvalue weighted by atomic mass is 32.2. The number of furan rings is 1. The number of benzene rings is 1. The van der Waals surface area contributed by atoms with Crippen molar-refractivity contribution >= 4 is 15.9 Å². The van der Waals surface area contributed by atoms with E-state index in [0.29, 0.717) is 36.4 Å². The molecule has 8 nitrogen and oxygen atoms in total. The predicted molar refractivity (Wildman–Crippen MR) is 108 cm³/mol. The van der Waals surface area contributed by atoms with Crippen LogP contribution in [-0.2, 0) is 23.1 Å². The number of rotatable bonds is 9. The fourth-order valence-electron chi connectivity index (χ4n) is 2.80. The number of hydrogen-bond donors (Lipinski definition) is 2. The summed E-state index contributed by atoms with van der Waals surface area (Å²) in [5, 5.41) is 7.04. The molecule has 0 fully saturated rings. The third-order valence-electron chi connectivity index (χ3n) is 4.39. The topological polar surface area (TPSA) is 106 Å². The van der Waals surface area contributed by atoms with Crippen LogP contribution in [0.15, 0.2) is 58.3 Å². The molecule has 2 aromatic heterocycles. The van der Waals surface area contributed by atoms with Crippen LogP contribution in [0.2, 0.25) is 0 Å². The average molecular weight is 417 g/mol. The second kappa shape index (κ2) is 9.06. The average Bonchev–Trinajstić information content (AvgIpc) is 3.35. The molecule has 2 N–H and O–H groups in total. The normalized spacial score (nSPS) is 11.5. The Bertz CT molecular complexity index is 1070. The van der Waals surface area contributed by atoms with Gasteiger partial charge in [-0.25, -0.2) is 13.1 Å². The molecule has 1 amide bonds. The molecule has 0 radical (unpaired) electrons. The third-order valence-corrected chi connectivity index (χ3v) is 5.79. The van der Waals surface area contributed by atoms with Crippen molar-refractivity contribution in [1.82, 2.24) is 19.8 Å². The number of carbonyl (C=O) groups is 1. The van der Waals surface area contributed by atoms with E-state index in [-0.39, 0.29) is 17.3 Å². The van der Waals surface area contributed by atoms with E-state index in [9.17, 15) is 13.2 Å². The van der Waals surface area contributed by atoms with Crippen molar-refractivity contribution in [2.24, 2.45) is 0 Å². The summed E-state index contributed by atoms with van der Waals surface area (Å²) in [5.74, 6) is 0.202. The van der Waals surface area contributed by atoms with E-state index in [1.165, 1.54) is 18.4 Å². The lowest BCUT2D eigenvalue weighted by atomic mass is 10.1. The van der Waals surface area contributed by atoms with Crippen LogP contribution in [0.1, 0.15) is 33.7 Å². The first-order valence-electron chi connectivity index (χ1n) is 9.25. The van der Waals surface area contributed by atoms with Gasteiger partial charge >= 0.3 is 0 Å². The zero-order valence-electron chi connectivity index (χ0n) is 16.4. The van der Waals surface area contributed by atoms with Crippen LogP contribution in [0.5, 0.6) is 0 Å². The van der Waals surface area contributed by atoms with Crippen LogP contribution in [0, 0.1) is 13.8 Å². The maximum atomic E-state index is 12.5. The summed E-state index contributed by atoms with van der Waals surface area (Å²) in [6, 6.07) is 7.87. The van der Waals surface area contributed by atoms with E-state index in [4.69, 9.17) is 4.42 Å². The van der Waals surface area contributed by atoms with Gasteiger partial charge in [-0.15, -0.1) is 0 Å². The number of hydrogen-bond acceptors (Lipinski definition) is 5. The first-order valence-corrected chi connectivity index (χ1v) is 10.7. The molecule has 154 valence electrons. The van der Waals surface area contributed by atoms with Crippen LogP contribution in [0.3, 0.4) is 0 Å². The van der Waals surface area contributed by atoms with Crippen molar-refractivity contribution in [3.63, 3.8) is 0 Å². The molecule has 2 heterocycles. The maximum absolute atomic E-state index is 12.5. The molecule has 0 aliphatic carbocycles. The van der Waals surface area contributed by atoms with Crippen LogP contribution in [0.4, 0.5) is 0 Å². The molecule has 0 saturated heterocycles. The minimum absolute atomic E-state index is 0.0341. The summed E-state index contributed by atoms with van der Waals surface area (Å²) in [4.78, 5) is 12.6. The number of amides is 1. The lowest BCUT2D eigenvalue weighted by Crippen LogP contribution is -2.27. The molecule has 3 rings (SSSR count). The fourth-order valence-corrected chi connectivity index (χ4v) is 3.82. The molecule has 0 aliphatic heterocycles. The largest absolute Gasteiger partial charge is 0.468 e. The molecular formula is C20H24N4O4S. The first-order chi connectivity index (χ1) is 13.8. The molecule has 0 saturated carbocycles. The molecular weight excluding hydrogens is 392 g/mol. The van der Waals surface area contributed by atoms with Gasteiger partial charge in [0.2, 0.25) is 10.0 Å². The molecule has 29 heavy (non-hydrogen) atoms. The van der Waals surface area contributed by atoms with Gasteiger partial charge in [0.1, 0.15) is 5.76 Å². The number of aromatic nitrogens is 2. The first kappa shape index (κ1) is 20.8. The van der Waals surface area contributed by atoms with E-state index in [0.717, 1.165) is 5.56 Å². The Morgan fingerprint density at radius 3 is 2.76 bits per heavy atom. The van der Waals surface area contributed by atoms with Gasteiger partial charge in [-0.05, 0) is 55.7 Å². The number of carbonyl (C=O) groups excluding carboxylic acids is 1. The summed E-state index contributed by atoms with van der Waals surface area (Å²) >= 11 is 0. The van der Waals surface area contributed by atoms with Crippen LogP contribution >= 0.6 is 0 Å². The highest BCUT2D eigenvalue weighted by Gasteiger charge is 2.18. The second-order valence-corrected chi connectivity index (χ2v) is 8.54. The number of sulfonamides is 1. The standard InChI is InChI=1S/C20H24N4O4S/c1-15-12-22-24(14-15)9-4-8-21-20(25)19-11-18(7-6-16(19)2)29(26,27)23-13-17-5-3-10-28-17/h3,5-7,10-12,14,23H,4,8-9,13H2,1-2H3,(H,21,25). The Labute approximate surface area is 170 Å². The van der Waals surface area contributed by atoms with E-state index in [2.05, 4.69) is 15.1 Å². The zero-order chi connectivity index (χ0) is 20.9. The van der Waals surface area contributed by atoms with Crippen LogP contribution < -0.4 is 10.0 Å². The Morgan fingerprint density at radius 2 is 2.07 bits per heavy atom. The lowest BCUT2D eigenvalue weighted by Gasteiger charge is -2.11. The fraction of sp³-hybridized carbons (Fsp3) is 0.300. The smallest absolute Gasteiger partial charge is 0.251 e. The van der Waals surface area contributed by atoms with Crippen LogP contribution in [0.25, 0.3) is 0 Å². The van der Waals surface area contributed by atoms with Crippen molar-refractivity contribution in [2.45, 2.75) is 38.3 Å². The second-order valence-electron chi connectivity index (χ2n) is 6.77. The van der Waals surface area contributed by atoms with E-state index >= 15 is 0 Å². The van der Waals surface area contributed by atoms with E-state index < -0.39 is 10.0 Å². The molecule has 3 aromatic rings. The Kier molecular flexibility index (Phi) is 6.50. The lowest BCUT2D eigenvalue weighted by molar-refractivity contribution is 0.0951. The molecule has 0 atom stereocenters. The Hall–Kier alpha value is -2.91. The van der Waals surface area contributed by atoms with Gasteiger partial charge < -0.3 is 9.73 Å². The van der Waals surface area contributed by atoms with E-state index in [1.807, 2.05) is 17.8 Å². The quantitative estimate of drug-likeness (QED) is 0.521. The van der Waals surface area contributed by atoms with Gasteiger partial charge in [0, 0.05) is 24.8 Å². The molecule has 0 bridgehead atoms. The van der Waals surface area contributed by atoms with Crippen molar-refractivity contribution < 1.29 is 17.6 Å². The third kappa shape index (κ3) is 5.55. The van der Waals surface area contributed by atoms with Crippen molar-refractivity contribution in [3.8, 4) is 0 Å². The molecule has 0 unspecified atom stereocenters. The highest BCUT2D eigenvalue weighted by Crippen LogP contribution is 2.16. The Morgan fingerprint density at radius 1 is 1.24 bits per heavy atom. The number of nitrogens with one attached hydrogen (secondary N) is 2. The maximum Gasteiger partial charge on any atom is 0.251 e. The number of aryl methyl sites for hydroxylation is 3. The summed E-state index contributed by atoms with van der Waals surface area (Å²) in [6.45, 7) is 4.94. The molecule has 9 heteroatoms. The van der Waals surface area contributed by atoms with Gasteiger partial charge in [0.05, 0.1) is 23.9 Å². The molecule has 0 aliphatic rings. The molecule has 1 aromatic carbocycles. The SMILES string of the molecule is Cc1cnn(CCCNC(=O)c2cc(S(=O)(=O)NCc3ccco3)ccc2C)c1. The Balaban J connectivity index is 1.60. The van der Waals surface area contributed by atoms with Gasteiger partial charge in [0.15, 0.2) is 0 Å². The van der Waals surface area contributed by atoms with Gasteiger partial charge in [0.25, 0.3) is 5.91 Å². The predicted octanol–water partition coefficient (Wildman–Crippen LogP) is 2.39. The minimum atomic E-state index is -3.77.